The maximum Gasteiger partial charge on any atom is 0.338 e. The standard InChI is InChI=1S/C27H29N3O3/c1-18(2)15-33-27(31)26-19(3)7-6-9-23(26)25(32-16-22-14-28-17-29-22)13-21-12-11-20-8-4-5-10-24(20)30-21/h4-12,14,17-18,25H,13,15-16H2,1-3H3,(H,28,29). The number of nitrogens with one attached hydrogen (secondary N) is 1. The van der Waals surface area contributed by atoms with Crippen molar-refractivity contribution >= 4 is 16.9 Å². The lowest BCUT2D eigenvalue weighted by molar-refractivity contribution is 0.0326. The van der Waals surface area contributed by atoms with Crippen molar-refractivity contribution in [1.29, 1.82) is 0 Å². The van der Waals surface area contributed by atoms with Gasteiger partial charge in [-0.1, -0.05) is 56.3 Å². The van der Waals surface area contributed by atoms with Crippen LogP contribution in [0.1, 0.15) is 52.8 Å². The van der Waals surface area contributed by atoms with E-state index in [1.807, 2.05) is 69.3 Å². The van der Waals surface area contributed by atoms with Gasteiger partial charge in [-0.25, -0.2) is 9.78 Å². The van der Waals surface area contributed by atoms with E-state index in [2.05, 4.69) is 16.0 Å². The number of esters is 1. The van der Waals surface area contributed by atoms with Crippen LogP contribution in [-0.4, -0.2) is 27.5 Å². The van der Waals surface area contributed by atoms with Crippen molar-refractivity contribution in [3.05, 3.63) is 95.2 Å². The number of para-hydroxylation sites is 1. The second-order valence-corrected chi connectivity index (χ2v) is 8.61. The maximum absolute atomic E-state index is 13.0. The number of hydrogen-bond acceptors (Lipinski definition) is 5. The Balaban J connectivity index is 1.68. The van der Waals surface area contributed by atoms with E-state index >= 15 is 0 Å². The Labute approximate surface area is 194 Å². The van der Waals surface area contributed by atoms with Crippen LogP contribution in [0.3, 0.4) is 0 Å². The lowest BCUT2D eigenvalue weighted by atomic mass is 9.95. The van der Waals surface area contributed by atoms with Crippen molar-refractivity contribution < 1.29 is 14.3 Å². The Morgan fingerprint density at radius 3 is 2.70 bits per heavy atom. The van der Waals surface area contributed by atoms with Crippen LogP contribution < -0.4 is 0 Å². The lowest BCUT2D eigenvalue weighted by Gasteiger charge is -2.22. The SMILES string of the molecule is Cc1cccc(C(Cc2ccc3ccccc3n2)OCc2cnc[nH]2)c1C(=O)OCC(C)C. The maximum atomic E-state index is 13.0. The Hall–Kier alpha value is -3.51. The number of pyridine rings is 1. The van der Waals surface area contributed by atoms with Gasteiger partial charge in [0.25, 0.3) is 0 Å². The Morgan fingerprint density at radius 2 is 1.91 bits per heavy atom. The van der Waals surface area contributed by atoms with Crippen LogP contribution in [0.15, 0.2) is 67.1 Å². The van der Waals surface area contributed by atoms with E-state index in [1.54, 1.807) is 12.5 Å². The first-order valence-electron chi connectivity index (χ1n) is 11.2. The fourth-order valence-electron chi connectivity index (χ4n) is 3.78. The zero-order chi connectivity index (χ0) is 23.2. The molecule has 6 heteroatoms. The predicted molar refractivity (Wildman–Crippen MR) is 128 cm³/mol. The van der Waals surface area contributed by atoms with Gasteiger partial charge >= 0.3 is 5.97 Å². The quantitative estimate of drug-likeness (QED) is 0.342. The summed E-state index contributed by atoms with van der Waals surface area (Å²) in [6.07, 6.45) is 3.50. The molecule has 1 atom stereocenters. The fraction of sp³-hybridized carbons (Fsp3) is 0.296. The fourth-order valence-corrected chi connectivity index (χ4v) is 3.78. The van der Waals surface area contributed by atoms with Gasteiger partial charge in [-0.3, -0.25) is 4.98 Å². The summed E-state index contributed by atoms with van der Waals surface area (Å²) in [4.78, 5) is 25.0. The molecule has 0 aliphatic rings. The Morgan fingerprint density at radius 1 is 1.06 bits per heavy atom. The van der Waals surface area contributed by atoms with Crippen LogP contribution in [0, 0.1) is 12.8 Å². The summed E-state index contributed by atoms with van der Waals surface area (Å²) in [7, 11) is 0. The zero-order valence-electron chi connectivity index (χ0n) is 19.2. The number of aryl methyl sites for hydroxylation is 1. The Kier molecular flexibility index (Phi) is 7.15. The summed E-state index contributed by atoms with van der Waals surface area (Å²) < 4.78 is 11.9. The van der Waals surface area contributed by atoms with Crippen molar-refractivity contribution in [2.45, 2.75) is 39.9 Å². The summed E-state index contributed by atoms with van der Waals surface area (Å²) in [6, 6.07) is 17.9. The Bertz CT molecular complexity index is 1220. The van der Waals surface area contributed by atoms with Crippen LogP contribution in [0.25, 0.3) is 10.9 Å². The minimum Gasteiger partial charge on any atom is -0.462 e. The van der Waals surface area contributed by atoms with Crippen LogP contribution in [-0.2, 0) is 22.5 Å². The van der Waals surface area contributed by atoms with Gasteiger partial charge in [-0.2, -0.15) is 0 Å². The molecule has 4 rings (SSSR count). The molecule has 33 heavy (non-hydrogen) atoms. The first-order valence-corrected chi connectivity index (χ1v) is 11.2. The van der Waals surface area contributed by atoms with Crippen molar-refractivity contribution in [3.8, 4) is 0 Å². The largest absolute Gasteiger partial charge is 0.462 e. The van der Waals surface area contributed by atoms with E-state index in [0.29, 0.717) is 25.2 Å². The highest BCUT2D eigenvalue weighted by Crippen LogP contribution is 2.29. The van der Waals surface area contributed by atoms with E-state index in [0.717, 1.165) is 33.4 Å². The molecule has 6 nitrogen and oxygen atoms in total. The molecule has 170 valence electrons. The zero-order valence-corrected chi connectivity index (χ0v) is 19.2. The van der Waals surface area contributed by atoms with Crippen LogP contribution >= 0.6 is 0 Å². The number of carbonyl (C=O) groups is 1. The molecule has 0 fully saturated rings. The van der Waals surface area contributed by atoms with Gasteiger partial charge in [0.15, 0.2) is 0 Å². The van der Waals surface area contributed by atoms with Crippen LogP contribution in [0.4, 0.5) is 0 Å². The van der Waals surface area contributed by atoms with E-state index in [4.69, 9.17) is 14.5 Å². The summed E-state index contributed by atoms with van der Waals surface area (Å²) >= 11 is 0. The molecule has 0 bridgehead atoms. The van der Waals surface area contributed by atoms with E-state index in [9.17, 15) is 4.79 Å². The molecule has 1 unspecified atom stereocenters. The van der Waals surface area contributed by atoms with Gasteiger partial charge in [-0.05, 0) is 36.1 Å². The third kappa shape index (κ3) is 5.65. The molecule has 0 aliphatic heterocycles. The average Bonchev–Trinajstić information content (AvgIpc) is 3.33. The molecular formula is C27H29N3O3. The number of fused-ring (bicyclic) bond motifs is 1. The monoisotopic (exact) mass is 443 g/mol. The van der Waals surface area contributed by atoms with Crippen molar-refractivity contribution in [2.75, 3.05) is 6.61 Å². The van der Waals surface area contributed by atoms with Crippen molar-refractivity contribution in [3.63, 3.8) is 0 Å². The first-order chi connectivity index (χ1) is 16.0. The van der Waals surface area contributed by atoms with Gasteiger partial charge in [0.1, 0.15) is 0 Å². The molecule has 0 amide bonds. The molecule has 2 heterocycles. The van der Waals surface area contributed by atoms with Gasteiger partial charge < -0.3 is 14.5 Å². The van der Waals surface area contributed by atoms with Gasteiger partial charge in [0.2, 0.25) is 0 Å². The topological polar surface area (TPSA) is 77.1 Å². The van der Waals surface area contributed by atoms with Gasteiger partial charge in [-0.15, -0.1) is 0 Å². The van der Waals surface area contributed by atoms with E-state index in [1.165, 1.54) is 0 Å². The highest BCUT2D eigenvalue weighted by atomic mass is 16.5. The highest BCUT2D eigenvalue weighted by molar-refractivity contribution is 5.93. The molecule has 0 radical (unpaired) electrons. The number of rotatable bonds is 9. The van der Waals surface area contributed by atoms with Crippen molar-refractivity contribution in [2.24, 2.45) is 5.92 Å². The third-order valence-electron chi connectivity index (χ3n) is 5.45. The summed E-state index contributed by atoms with van der Waals surface area (Å²) in [5.74, 6) is -0.0611. The molecular weight excluding hydrogens is 414 g/mol. The molecule has 0 saturated carbocycles. The number of aromatic nitrogens is 3. The molecule has 1 N–H and O–H groups in total. The number of benzene rings is 2. The number of nitrogens with zero attached hydrogens (tertiary/aromatic N) is 2. The first kappa shape index (κ1) is 22.7. The number of aromatic amines is 1. The third-order valence-corrected chi connectivity index (χ3v) is 5.45. The van der Waals surface area contributed by atoms with Gasteiger partial charge in [0.05, 0.1) is 48.6 Å². The number of H-pyrrole nitrogens is 1. The van der Waals surface area contributed by atoms with Gasteiger partial charge in [0, 0.05) is 17.5 Å². The predicted octanol–water partition coefficient (Wildman–Crippen LogP) is 5.58. The van der Waals surface area contributed by atoms with E-state index < -0.39 is 0 Å². The summed E-state index contributed by atoms with van der Waals surface area (Å²) in [5.41, 5.74) is 4.92. The lowest BCUT2D eigenvalue weighted by Crippen LogP contribution is -2.18. The highest BCUT2D eigenvalue weighted by Gasteiger charge is 2.24. The number of carbonyl (C=O) groups excluding carboxylic acids is 1. The molecule has 2 aromatic heterocycles. The normalized spacial score (nSPS) is 12.2. The molecule has 0 spiro atoms. The molecule has 0 aliphatic carbocycles. The molecule has 4 aromatic rings. The van der Waals surface area contributed by atoms with Crippen LogP contribution in [0.2, 0.25) is 0 Å². The summed E-state index contributed by atoms with van der Waals surface area (Å²) in [5, 5.41) is 1.09. The smallest absolute Gasteiger partial charge is 0.338 e. The minimum absolute atomic E-state index is 0.260. The number of ether oxygens (including phenoxy) is 2. The minimum atomic E-state index is -0.386. The van der Waals surface area contributed by atoms with Crippen LogP contribution in [0.5, 0.6) is 0 Å². The average molecular weight is 444 g/mol. The number of imidazole rings is 1. The second kappa shape index (κ2) is 10.4. The summed E-state index contributed by atoms with van der Waals surface area (Å²) in [6.45, 7) is 6.68. The molecule has 2 aromatic carbocycles. The van der Waals surface area contributed by atoms with E-state index in [-0.39, 0.29) is 18.0 Å². The number of hydrogen-bond donors (Lipinski definition) is 1. The molecule has 0 saturated heterocycles. The second-order valence-electron chi connectivity index (χ2n) is 8.61. The van der Waals surface area contributed by atoms with Crippen molar-refractivity contribution in [1.82, 2.24) is 15.0 Å².